The second kappa shape index (κ2) is 8.14. The van der Waals surface area contributed by atoms with Gasteiger partial charge in [-0.15, -0.1) is 0 Å². The highest BCUT2D eigenvalue weighted by atomic mass is 16.4. The molecule has 3 N–H and O–H groups in total. The van der Waals surface area contributed by atoms with Crippen LogP contribution in [0.15, 0.2) is 24.5 Å². The number of carboxylic acids is 1. The first kappa shape index (κ1) is 15.9. The molecule has 110 valence electrons. The summed E-state index contributed by atoms with van der Waals surface area (Å²) in [4.78, 5) is 26.6. The van der Waals surface area contributed by atoms with E-state index in [4.69, 9.17) is 5.11 Å². The van der Waals surface area contributed by atoms with Crippen LogP contribution < -0.4 is 10.6 Å². The molecule has 0 aliphatic heterocycles. The molecule has 2 amide bonds. The zero-order valence-corrected chi connectivity index (χ0v) is 11.8. The monoisotopic (exact) mass is 279 g/mol. The Morgan fingerprint density at radius 3 is 2.70 bits per heavy atom. The van der Waals surface area contributed by atoms with Crippen LogP contribution in [0.25, 0.3) is 0 Å². The highest BCUT2D eigenvalue weighted by Gasteiger charge is 2.20. The number of carboxylic acid groups (broad SMARTS) is 1. The number of hydrogen-bond donors (Lipinski definition) is 3. The number of carbonyl (C=O) groups is 2. The van der Waals surface area contributed by atoms with Gasteiger partial charge in [0.25, 0.3) is 0 Å². The molecule has 0 fully saturated rings. The predicted octanol–water partition coefficient (Wildman–Crippen LogP) is 1.42. The maximum atomic E-state index is 11.6. The zero-order valence-electron chi connectivity index (χ0n) is 11.8. The highest BCUT2D eigenvalue weighted by molar-refractivity contribution is 5.82. The Hall–Kier alpha value is -2.11. The second-order valence-electron chi connectivity index (χ2n) is 5.03. The van der Waals surface area contributed by atoms with Crippen LogP contribution in [0, 0.1) is 5.92 Å². The standard InChI is InChI=1S/C14H21N3O3/c1-10(2)8-12(13(18)19)17-14(20)16-7-5-11-4-3-6-15-9-11/h3-4,6,9-10,12H,5,7-8H2,1-2H3,(H,18,19)(H2,16,17,20)/t12-/m1/s1. The van der Waals surface area contributed by atoms with Crippen molar-refractivity contribution in [2.45, 2.75) is 32.7 Å². The fourth-order valence-electron chi connectivity index (χ4n) is 1.77. The van der Waals surface area contributed by atoms with Crippen molar-refractivity contribution in [2.24, 2.45) is 5.92 Å². The minimum Gasteiger partial charge on any atom is -0.480 e. The Morgan fingerprint density at radius 2 is 2.15 bits per heavy atom. The molecule has 0 unspecified atom stereocenters. The number of pyridine rings is 1. The van der Waals surface area contributed by atoms with Gasteiger partial charge in [-0.05, 0) is 30.4 Å². The maximum absolute atomic E-state index is 11.6. The predicted molar refractivity (Wildman–Crippen MR) is 75.4 cm³/mol. The summed E-state index contributed by atoms with van der Waals surface area (Å²) >= 11 is 0. The van der Waals surface area contributed by atoms with Gasteiger partial charge in [-0.1, -0.05) is 19.9 Å². The van der Waals surface area contributed by atoms with Crippen molar-refractivity contribution in [1.82, 2.24) is 15.6 Å². The fraction of sp³-hybridized carbons (Fsp3) is 0.500. The van der Waals surface area contributed by atoms with Crippen LogP contribution in [0.1, 0.15) is 25.8 Å². The largest absolute Gasteiger partial charge is 0.480 e. The first-order valence-corrected chi connectivity index (χ1v) is 6.65. The Kier molecular flexibility index (Phi) is 6.49. The lowest BCUT2D eigenvalue weighted by Crippen LogP contribution is -2.47. The van der Waals surface area contributed by atoms with Gasteiger partial charge in [0, 0.05) is 18.9 Å². The van der Waals surface area contributed by atoms with Gasteiger partial charge in [0.05, 0.1) is 0 Å². The normalized spacial score (nSPS) is 11.9. The first-order chi connectivity index (χ1) is 9.49. The smallest absolute Gasteiger partial charge is 0.326 e. The minimum absolute atomic E-state index is 0.201. The van der Waals surface area contributed by atoms with E-state index in [9.17, 15) is 9.59 Å². The lowest BCUT2D eigenvalue weighted by molar-refractivity contribution is -0.139. The minimum atomic E-state index is -1.01. The average molecular weight is 279 g/mol. The average Bonchev–Trinajstić information content (AvgIpc) is 2.38. The van der Waals surface area contributed by atoms with Crippen LogP contribution in [-0.4, -0.2) is 34.7 Å². The van der Waals surface area contributed by atoms with E-state index in [0.717, 1.165) is 5.56 Å². The van der Waals surface area contributed by atoms with Gasteiger partial charge < -0.3 is 15.7 Å². The molecule has 0 spiro atoms. The van der Waals surface area contributed by atoms with Gasteiger partial charge in [0.1, 0.15) is 6.04 Å². The topological polar surface area (TPSA) is 91.3 Å². The third kappa shape index (κ3) is 6.17. The van der Waals surface area contributed by atoms with Crippen molar-refractivity contribution in [3.8, 4) is 0 Å². The molecule has 1 heterocycles. The summed E-state index contributed by atoms with van der Waals surface area (Å²) in [5, 5.41) is 14.1. The van der Waals surface area contributed by atoms with E-state index in [1.54, 1.807) is 12.4 Å². The number of amides is 2. The third-order valence-corrected chi connectivity index (χ3v) is 2.73. The Labute approximate surface area is 118 Å². The lowest BCUT2D eigenvalue weighted by atomic mass is 10.0. The first-order valence-electron chi connectivity index (χ1n) is 6.65. The molecule has 0 saturated carbocycles. The quantitative estimate of drug-likeness (QED) is 0.704. The van der Waals surface area contributed by atoms with Crippen molar-refractivity contribution < 1.29 is 14.7 Å². The number of aliphatic carboxylic acids is 1. The van der Waals surface area contributed by atoms with Crippen molar-refractivity contribution in [3.05, 3.63) is 30.1 Å². The third-order valence-electron chi connectivity index (χ3n) is 2.73. The zero-order chi connectivity index (χ0) is 15.0. The molecule has 1 rings (SSSR count). The number of rotatable bonds is 7. The van der Waals surface area contributed by atoms with Crippen LogP contribution in [0.5, 0.6) is 0 Å². The van der Waals surface area contributed by atoms with Gasteiger partial charge in [-0.25, -0.2) is 9.59 Å². The van der Waals surface area contributed by atoms with E-state index in [1.165, 1.54) is 0 Å². The summed E-state index contributed by atoms with van der Waals surface area (Å²) in [6.45, 7) is 4.27. The van der Waals surface area contributed by atoms with Gasteiger partial charge in [0.15, 0.2) is 0 Å². The summed E-state index contributed by atoms with van der Waals surface area (Å²) < 4.78 is 0. The Balaban J connectivity index is 2.33. The summed E-state index contributed by atoms with van der Waals surface area (Å²) in [7, 11) is 0. The Morgan fingerprint density at radius 1 is 1.40 bits per heavy atom. The molecule has 0 aliphatic carbocycles. The van der Waals surface area contributed by atoms with Crippen LogP contribution in [0.4, 0.5) is 4.79 Å². The molecule has 0 aliphatic rings. The molecule has 1 aromatic rings. The van der Waals surface area contributed by atoms with Crippen molar-refractivity contribution in [2.75, 3.05) is 6.54 Å². The summed E-state index contributed by atoms with van der Waals surface area (Å²) in [6.07, 6.45) is 4.49. The molecule has 0 saturated heterocycles. The second-order valence-corrected chi connectivity index (χ2v) is 5.03. The van der Waals surface area contributed by atoms with E-state index >= 15 is 0 Å². The SMILES string of the molecule is CC(C)C[C@@H](NC(=O)NCCc1cccnc1)C(=O)O. The van der Waals surface area contributed by atoms with E-state index in [0.29, 0.717) is 19.4 Å². The maximum Gasteiger partial charge on any atom is 0.326 e. The van der Waals surface area contributed by atoms with Gasteiger partial charge in [-0.2, -0.15) is 0 Å². The molecule has 0 bridgehead atoms. The summed E-state index contributed by atoms with van der Waals surface area (Å²) in [6, 6.07) is 2.44. The number of carbonyl (C=O) groups excluding carboxylic acids is 1. The molecule has 6 nitrogen and oxygen atoms in total. The van der Waals surface area contributed by atoms with E-state index in [1.807, 2.05) is 26.0 Å². The molecule has 0 radical (unpaired) electrons. The fourth-order valence-corrected chi connectivity index (χ4v) is 1.77. The molecular formula is C14H21N3O3. The number of hydrogen-bond acceptors (Lipinski definition) is 3. The van der Waals surface area contributed by atoms with E-state index < -0.39 is 18.0 Å². The number of urea groups is 1. The molecule has 1 atom stereocenters. The van der Waals surface area contributed by atoms with Gasteiger partial charge >= 0.3 is 12.0 Å². The van der Waals surface area contributed by atoms with E-state index in [2.05, 4.69) is 15.6 Å². The van der Waals surface area contributed by atoms with Crippen molar-refractivity contribution >= 4 is 12.0 Å². The molecular weight excluding hydrogens is 258 g/mol. The number of aromatic nitrogens is 1. The summed E-state index contributed by atoms with van der Waals surface area (Å²) in [5.41, 5.74) is 1.02. The van der Waals surface area contributed by atoms with E-state index in [-0.39, 0.29) is 5.92 Å². The number of nitrogens with zero attached hydrogens (tertiary/aromatic N) is 1. The van der Waals surface area contributed by atoms with Crippen LogP contribution >= 0.6 is 0 Å². The molecule has 1 aromatic heterocycles. The van der Waals surface area contributed by atoms with Gasteiger partial charge in [0.2, 0.25) is 0 Å². The van der Waals surface area contributed by atoms with Crippen LogP contribution in [0.2, 0.25) is 0 Å². The Bertz CT molecular complexity index is 435. The number of nitrogens with one attached hydrogen (secondary N) is 2. The lowest BCUT2D eigenvalue weighted by Gasteiger charge is -2.16. The van der Waals surface area contributed by atoms with Crippen molar-refractivity contribution in [1.29, 1.82) is 0 Å². The molecule has 0 aromatic carbocycles. The molecule has 20 heavy (non-hydrogen) atoms. The van der Waals surface area contributed by atoms with Crippen LogP contribution in [-0.2, 0) is 11.2 Å². The van der Waals surface area contributed by atoms with Crippen molar-refractivity contribution in [3.63, 3.8) is 0 Å². The van der Waals surface area contributed by atoms with Gasteiger partial charge in [-0.3, -0.25) is 4.98 Å². The highest BCUT2D eigenvalue weighted by Crippen LogP contribution is 2.04. The molecule has 6 heteroatoms. The van der Waals surface area contributed by atoms with Crippen LogP contribution in [0.3, 0.4) is 0 Å². The summed E-state index contributed by atoms with van der Waals surface area (Å²) in [5.74, 6) is -0.812.